The van der Waals surface area contributed by atoms with Gasteiger partial charge in [0.25, 0.3) is 0 Å². The normalized spacial score (nSPS) is 17.4. The van der Waals surface area contributed by atoms with Gasteiger partial charge in [-0.15, -0.1) is 0 Å². The van der Waals surface area contributed by atoms with Crippen LogP contribution in [0.25, 0.3) is 6.08 Å². The Morgan fingerprint density at radius 2 is 1.56 bits per heavy atom. The highest BCUT2D eigenvalue weighted by Crippen LogP contribution is 2.34. The molecule has 1 N–H and O–H groups in total. The van der Waals surface area contributed by atoms with Crippen LogP contribution in [0.3, 0.4) is 0 Å². The number of nitrogens with one attached hydrogen (secondary N) is 1. The molecule has 2 aromatic carbocycles. The second kappa shape index (κ2) is 8.82. The van der Waals surface area contributed by atoms with Crippen LogP contribution in [0.5, 0.6) is 23.0 Å². The van der Waals surface area contributed by atoms with E-state index in [-0.39, 0.29) is 24.5 Å². The molecule has 8 heteroatoms. The molecule has 8 nitrogen and oxygen atoms in total. The summed E-state index contributed by atoms with van der Waals surface area (Å²) in [5.41, 5.74) is 1.56. The smallest absolute Gasteiger partial charge is 0.246 e. The Labute approximate surface area is 185 Å². The Bertz CT molecular complexity index is 1060. The van der Waals surface area contributed by atoms with Gasteiger partial charge in [0.1, 0.15) is 13.2 Å². The van der Waals surface area contributed by atoms with Crippen LogP contribution in [0.4, 0.5) is 5.69 Å². The Balaban J connectivity index is 1.13. The molecule has 166 valence electrons. The second-order valence-electron chi connectivity index (χ2n) is 7.89. The van der Waals surface area contributed by atoms with E-state index in [1.807, 2.05) is 18.2 Å². The fourth-order valence-electron chi connectivity index (χ4n) is 4.02. The number of carbonyl (C=O) groups excluding carboxylic acids is 2. The van der Waals surface area contributed by atoms with Gasteiger partial charge in [-0.2, -0.15) is 0 Å². The van der Waals surface area contributed by atoms with Crippen LogP contribution < -0.4 is 24.3 Å². The topological polar surface area (TPSA) is 86.3 Å². The lowest BCUT2D eigenvalue weighted by Gasteiger charge is -2.30. The molecule has 0 radical (unpaired) electrons. The van der Waals surface area contributed by atoms with E-state index in [0.29, 0.717) is 62.1 Å². The number of hydrogen-bond donors (Lipinski definition) is 1. The minimum atomic E-state index is -0.133. The van der Waals surface area contributed by atoms with Crippen LogP contribution in [0.15, 0.2) is 42.5 Å². The van der Waals surface area contributed by atoms with Crippen molar-refractivity contribution in [2.75, 3.05) is 38.4 Å². The minimum absolute atomic E-state index is 0.0391. The monoisotopic (exact) mass is 436 g/mol. The number of likely N-dealkylation sites (tertiary alicyclic amines) is 1. The fraction of sp³-hybridized carbons (Fsp3) is 0.333. The quantitative estimate of drug-likeness (QED) is 0.742. The van der Waals surface area contributed by atoms with Crippen molar-refractivity contribution < 1.29 is 28.5 Å². The van der Waals surface area contributed by atoms with E-state index in [9.17, 15) is 9.59 Å². The summed E-state index contributed by atoms with van der Waals surface area (Å²) in [6.45, 7) is 2.36. The van der Waals surface area contributed by atoms with Crippen LogP contribution in [-0.2, 0) is 9.59 Å². The first-order valence-corrected chi connectivity index (χ1v) is 10.7. The van der Waals surface area contributed by atoms with Crippen molar-refractivity contribution in [3.05, 3.63) is 48.0 Å². The van der Waals surface area contributed by atoms with Crippen LogP contribution in [0.2, 0.25) is 0 Å². The van der Waals surface area contributed by atoms with Gasteiger partial charge in [-0.3, -0.25) is 9.59 Å². The first-order chi connectivity index (χ1) is 15.7. The third kappa shape index (κ3) is 4.34. The summed E-state index contributed by atoms with van der Waals surface area (Å²) < 4.78 is 21.7. The largest absolute Gasteiger partial charge is 0.486 e. The van der Waals surface area contributed by atoms with Crippen LogP contribution >= 0.6 is 0 Å². The summed E-state index contributed by atoms with van der Waals surface area (Å²) >= 11 is 0. The Morgan fingerprint density at radius 3 is 2.41 bits per heavy atom. The summed E-state index contributed by atoms with van der Waals surface area (Å²) in [6, 6.07) is 11.0. The first kappa shape index (κ1) is 20.2. The highest BCUT2D eigenvalue weighted by Gasteiger charge is 2.27. The van der Waals surface area contributed by atoms with Gasteiger partial charge >= 0.3 is 0 Å². The van der Waals surface area contributed by atoms with Crippen molar-refractivity contribution in [2.24, 2.45) is 5.92 Å². The van der Waals surface area contributed by atoms with E-state index >= 15 is 0 Å². The number of piperidine rings is 1. The van der Waals surface area contributed by atoms with Gasteiger partial charge in [-0.05, 0) is 48.7 Å². The van der Waals surface area contributed by atoms with Crippen LogP contribution in [-0.4, -0.2) is 49.8 Å². The van der Waals surface area contributed by atoms with Crippen molar-refractivity contribution in [1.82, 2.24) is 4.90 Å². The Hall–Kier alpha value is -3.68. The van der Waals surface area contributed by atoms with E-state index in [4.69, 9.17) is 18.9 Å². The summed E-state index contributed by atoms with van der Waals surface area (Å²) in [5, 5.41) is 2.94. The number of ether oxygens (including phenoxy) is 4. The lowest BCUT2D eigenvalue weighted by Crippen LogP contribution is -2.40. The molecule has 1 saturated heterocycles. The standard InChI is InChI=1S/C24H24N2O6/c27-23(6-2-16-1-4-19-21(13-16)30-12-11-29-19)26-9-7-17(8-10-26)24(28)25-18-3-5-20-22(14-18)32-15-31-20/h1-6,13-14,17H,7-12,15H2,(H,25,28)/b6-2+. The molecule has 0 unspecified atom stereocenters. The van der Waals surface area contributed by atoms with Gasteiger partial charge in [0.05, 0.1) is 0 Å². The number of amides is 2. The lowest BCUT2D eigenvalue weighted by molar-refractivity contribution is -0.130. The summed E-state index contributed by atoms with van der Waals surface area (Å²) in [5.74, 6) is 2.50. The predicted molar refractivity (Wildman–Crippen MR) is 117 cm³/mol. The zero-order valence-electron chi connectivity index (χ0n) is 17.5. The van der Waals surface area contributed by atoms with E-state index in [1.54, 1.807) is 35.3 Å². The molecule has 3 aliphatic rings. The Morgan fingerprint density at radius 1 is 0.875 bits per heavy atom. The molecule has 3 heterocycles. The SMILES string of the molecule is O=C(Nc1ccc2c(c1)OCO2)C1CCN(C(=O)/C=C/c2ccc3c(c2)OCCO3)CC1. The van der Waals surface area contributed by atoms with E-state index in [0.717, 1.165) is 11.3 Å². The van der Waals surface area contributed by atoms with E-state index < -0.39 is 0 Å². The zero-order valence-corrected chi connectivity index (χ0v) is 17.5. The van der Waals surface area contributed by atoms with Gasteiger partial charge in [-0.25, -0.2) is 0 Å². The molecule has 0 atom stereocenters. The third-order valence-corrected chi connectivity index (χ3v) is 5.80. The number of carbonyl (C=O) groups is 2. The molecular formula is C24H24N2O6. The molecule has 3 aliphatic heterocycles. The number of hydrogen-bond acceptors (Lipinski definition) is 6. The Kier molecular flexibility index (Phi) is 5.58. The number of rotatable bonds is 4. The number of fused-ring (bicyclic) bond motifs is 2. The summed E-state index contributed by atoms with van der Waals surface area (Å²) in [4.78, 5) is 27.0. The second-order valence-corrected chi connectivity index (χ2v) is 7.89. The van der Waals surface area contributed by atoms with Gasteiger partial charge < -0.3 is 29.2 Å². The molecule has 2 amide bonds. The average Bonchev–Trinajstić information content (AvgIpc) is 3.30. The summed E-state index contributed by atoms with van der Waals surface area (Å²) in [7, 11) is 0. The third-order valence-electron chi connectivity index (χ3n) is 5.80. The lowest BCUT2D eigenvalue weighted by atomic mass is 9.95. The number of benzene rings is 2. The van der Waals surface area contributed by atoms with Gasteiger partial charge in [-0.1, -0.05) is 6.07 Å². The van der Waals surface area contributed by atoms with Crippen molar-refractivity contribution in [3.8, 4) is 23.0 Å². The minimum Gasteiger partial charge on any atom is -0.486 e. The van der Waals surface area contributed by atoms with Crippen molar-refractivity contribution in [2.45, 2.75) is 12.8 Å². The molecule has 0 aliphatic carbocycles. The average molecular weight is 436 g/mol. The van der Waals surface area contributed by atoms with Gasteiger partial charge in [0, 0.05) is 36.8 Å². The number of nitrogens with zero attached hydrogens (tertiary/aromatic N) is 1. The van der Waals surface area contributed by atoms with Crippen LogP contribution in [0.1, 0.15) is 18.4 Å². The van der Waals surface area contributed by atoms with E-state index in [2.05, 4.69) is 5.32 Å². The van der Waals surface area contributed by atoms with Gasteiger partial charge in [0.2, 0.25) is 18.6 Å². The van der Waals surface area contributed by atoms with Crippen molar-refractivity contribution >= 4 is 23.6 Å². The predicted octanol–water partition coefficient (Wildman–Crippen LogP) is 3.08. The fourth-order valence-corrected chi connectivity index (χ4v) is 4.02. The maximum absolute atomic E-state index is 12.6. The molecule has 1 fully saturated rings. The maximum atomic E-state index is 12.6. The molecule has 0 spiro atoms. The molecule has 5 rings (SSSR count). The number of anilines is 1. The van der Waals surface area contributed by atoms with Crippen molar-refractivity contribution in [3.63, 3.8) is 0 Å². The van der Waals surface area contributed by atoms with E-state index in [1.165, 1.54) is 0 Å². The molecule has 2 aromatic rings. The molecule has 0 aromatic heterocycles. The highest BCUT2D eigenvalue weighted by atomic mass is 16.7. The van der Waals surface area contributed by atoms with Crippen molar-refractivity contribution in [1.29, 1.82) is 0 Å². The summed E-state index contributed by atoms with van der Waals surface area (Å²) in [6.07, 6.45) is 4.59. The molecule has 0 saturated carbocycles. The van der Waals surface area contributed by atoms with Crippen LogP contribution in [0, 0.1) is 5.92 Å². The molecular weight excluding hydrogens is 412 g/mol. The highest BCUT2D eigenvalue weighted by molar-refractivity contribution is 5.94. The zero-order chi connectivity index (χ0) is 21.9. The molecule has 0 bridgehead atoms. The van der Waals surface area contributed by atoms with Gasteiger partial charge in [0.15, 0.2) is 23.0 Å². The maximum Gasteiger partial charge on any atom is 0.246 e. The first-order valence-electron chi connectivity index (χ1n) is 10.7. The molecule has 32 heavy (non-hydrogen) atoms.